The second-order valence-corrected chi connectivity index (χ2v) is 8.46. The summed E-state index contributed by atoms with van der Waals surface area (Å²) in [6, 6.07) is 13.2. The van der Waals surface area contributed by atoms with E-state index in [1.165, 1.54) is 12.1 Å². The van der Waals surface area contributed by atoms with Crippen molar-refractivity contribution in [3.8, 4) is 0 Å². The van der Waals surface area contributed by atoms with Gasteiger partial charge in [0, 0.05) is 30.0 Å². The Morgan fingerprint density at radius 2 is 1.77 bits per heavy atom. The summed E-state index contributed by atoms with van der Waals surface area (Å²) >= 11 is 0. The Morgan fingerprint density at radius 3 is 2.38 bits per heavy atom. The van der Waals surface area contributed by atoms with Gasteiger partial charge in [-0.1, -0.05) is 18.2 Å². The highest BCUT2D eigenvalue weighted by molar-refractivity contribution is 7.90. The van der Waals surface area contributed by atoms with Gasteiger partial charge in [0.25, 0.3) is 5.91 Å². The largest absolute Gasteiger partial charge is 0.348 e. The number of hydrogen-bond acceptors (Lipinski definition) is 4. The summed E-state index contributed by atoms with van der Waals surface area (Å²) in [5.74, 6) is -0.143. The molecule has 2 aromatic rings. The molecule has 136 valence electrons. The molecule has 0 atom stereocenters. The third-order valence-corrected chi connectivity index (χ3v) is 5.26. The molecule has 0 heterocycles. The number of rotatable bonds is 6. The van der Waals surface area contributed by atoms with E-state index in [1.54, 1.807) is 24.3 Å². The first kappa shape index (κ1) is 18.1. The maximum absolute atomic E-state index is 12.2. The molecule has 0 spiro atoms. The van der Waals surface area contributed by atoms with Crippen LogP contribution in [0.2, 0.25) is 0 Å². The first-order valence-electron chi connectivity index (χ1n) is 8.31. The molecule has 6 nitrogen and oxygen atoms in total. The molecule has 1 aliphatic rings. The Labute approximate surface area is 152 Å². The van der Waals surface area contributed by atoms with Gasteiger partial charge in [-0.2, -0.15) is 0 Å². The van der Waals surface area contributed by atoms with Crippen LogP contribution in [0.25, 0.3) is 0 Å². The van der Waals surface area contributed by atoms with Crippen molar-refractivity contribution in [1.82, 2.24) is 5.32 Å². The fourth-order valence-electron chi connectivity index (χ4n) is 2.45. The molecule has 3 rings (SSSR count). The molecule has 1 fully saturated rings. The predicted molar refractivity (Wildman–Crippen MR) is 98.5 cm³/mol. The van der Waals surface area contributed by atoms with E-state index >= 15 is 0 Å². The van der Waals surface area contributed by atoms with Crippen LogP contribution < -0.4 is 10.6 Å². The van der Waals surface area contributed by atoms with E-state index in [0.29, 0.717) is 12.1 Å². The quantitative estimate of drug-likeness (QED) is 0.814. The molecule has 26 heavy (non-hydrogen) atoms. The van der Waals surface area contributed by atoms with Gasteiger partial charge in [-0.25, -0.2) is 8.42 Å². The maximum Gasteiger partial charge on any atom is 0.251 e. The van der Waals surface area contributed by atoms with E-state index in [9.17, 15) is 18.0 Å². The number of nitrogens with one attached hydrogen (secondary N) is 2. The van der Waals surface area contributed by atoms with Crippen molar-refractivity contribution in [2.75, 3.05) is 11.6 Å². The summed E-state index contributed by atoms with van der Waals surface area (Å²) in [4.78, 5) is 24.1. The fourth-order valence-corrected chi connectivity index (χ4v) is 3.11. The third kappa shape index (κ3) is 4.70. The molecule has 0 aromatic heterocycles. The number of sulfone groups is 1. The lowest BCUT2D eigenvalue weighted by Crippen LogP contribution is -2.23. The van der Waals surface area contributed by atoms with Crippen LogP contribution in [0.4, 0.5) is 5.69 Å². The van der Waals surface area contributed by atoms with Gasteiger partial charge >= 0.3 is 0 Å². The standard InChI is InChI=1S/C19H20N2O4S/c1-26(24,25)17-4-2-3-15(11-17)18(22)20-12-13-5-9-16(10-6-13)21-19(23)14-7-8-14/h2-6,9-11,14H,7-8,12H2,1H3,(H,20,22)(H,21,23). The van der Waals surface area contributed by atoms with Crippen molar-refractivity contribution in [3.63, 3.8) is 0 Å². The second-order valence-electron chi connectivity index (χ2n) is 6.44. The zero-order chi connectivity index (χ0) is 18.7. The van der Waals surface area contributed by atoms with Gasteiger partial charge in [0.2, 0.25) is 5.91 Å². The average molecular weight is 372 g/mol. The normalized spacial score (nSPS) is 13.9. The molecular weight excluding hydrogens is 352 g/mol. The van der Waals surface area contributed by atoms with Gasteiger partial charge in [-0.05, 0) is 48.7 Å². The lowest BCUT2D eigenvalue weighted by molar-refractivity contribution is -0.117. The molecule has 2 N–H and O–H groups in total. The Hall–Kier alpha value is -2.67. The minimum Gasteiger partial charge on any atom is -0.348 e. The third-order valence-electron chi connectivity index (χ3n) is 4.15. The fraction of sp³-hybridized carbons (Fsp3) is 0.263. The topological polar surface area (TPSA) is 92.3 Å². The van der Waals surface area contributed by atoms with Crippen LogP contribution in [-0.2, 0) is 21.2 Å². The van der Waals surface area contributed by atoms with E-state index in [1.807, 2.05) is 12.1 Å². The van der Waals surface area contributed by atoms with E-state index in [-0.39, 0.29) is 22.6 Å². The summed E-state index contributed by atoms with van der Waals surface area (Å²) < 4.78 is 23.2. The van der Waals surface area contributed by atoms with Crippen LogP contribution in [0.1, 0.15) is 28.8 Å². The van der Waals surface area contributed by atoms with Crippen LogP contribution in [0.15, 0.2) is 53.4 Å². The summed E-state index contributed by atoms with van der Waals surface area (Å²) in [6.07, 6.45) is 3.01. The smallest absolute Gasteiger partial charge is 0.251 e. The minimum absolute atomic E-state index is 0.0526. The molecule has 0 aliphatic heterocycles. The molecule has 1 aliphatic carbocycles. The summed E-state index contributed by atoms with van der Waals surface area (Å²) in [5, 5.41) is 5.62. The van der Waals surface area contributed by atoms with Crippen molar-refractivity contribution >= 4 is 27.3 Å². The minimum atomic E-state index is -3.36. The SMILES string of the molecule is CS(=O)(=O)c1cccc(C(=O)NCc2ccc(NC(=O)C3CC3)cc2)c1. The van der Waals surface area contributed by atoms with Crippen molar-refractivity contribution in [2.45, 2.75) is 24.3 Å². The van der Waals surface area contributed by atoms with Crippen molar-refractivity contribution in [1.29, 1.82) is 0 Å². The lowest BCUT2D eigenvalue weighted by atomic mass is 10.1. The molecule has 0 radical (unpaired) electrons. The number of carbonyl (C=O) groups is 2. The zero-order valence-corrected chi connectivity index (χ0v) is 15.2. The van der Waals surface area contributed by atoms with E-state index in [4.69, 9.17) is 0 Å². The Morgan fingerprint density at radius 1 is 1.08 bits per heavy atom. The van der Waals surface area contributed by atoms with Gasteiger partial charge in [-0.15, -0.1) is 0 Å². The van der Waals surface area contributed by atoms with Crippen LogP contribution in [0.3, 0.4) is 0 Å². The second kappa shape index (κ2) is 7.29. The number of carbonyl (C=O) groups excluding carboxylic acids is 2. The first-order valence-corrected chi connectivity index (χ1v) is 10.2. The Bertz CT molecular complexity index is 932. The Kier molecular flexibility index (Phi) is 5.08. The zero-order valence-electron chi connectivity index (χ0n) is 14.4. The monoisotopic (exact) mass is 372 g/mol. The Balaban J connectivity index is 1.58. The van der Waals surface area contributed by atoms with Gasteiger partial charge in [0.05, 0.1) is 4.90 Å². The first-order chi connectivity index (χ1) is 12.3. The highest BCUT2D eigenvalue weighted by Crippen LogP contribution is 2.30. The molecule has 0 unspecified atom stereocenters. The summed E-state index contributed by atoms with van der Waals surface area (Å²) in [5.41, 5.74) is 1.90. The van der Waals surface area contributed by atoms with Crippen LogP contribution in [0, 0.1) is 5.92 Å². The molecular formula is C19H20N2O4S. The van der Waals surface area contributed by atoms with Crippen molar-refractivity contribution in [3.05, 3.63) is 59.7 Å². The van der Waals surface area contributed by atoms with Crippen molar-refractivity contribution in [2.24, 2.45) is 5.92 Å². The van der Waals surface area contributed by atoms with Crippen LogP contribution in [-0.4, -0.2) is 26.5 Å². The molecule has 2 amide bonds. The van der Waals surface area contributed by atoms with Crippen LogP contribution in [0.5, 0.6) is 0 Å². The summed E-state index contributed by atoms with van der Waals surface area (Å²) in [6.45, 7) is 0.304. The molecule has 0 saturated heterocycles. The highest BCUT2D eigenvalue weighted by Gasteiger charge is 2.29. The number of benzene rings is 2. The predicted octanol–water partition coefficient (Wildman–Crippen LogP) is 2.37. The lowest BCUT2D eigenvalue weighted by Gasteiger charge is -2.08. The van der Waals surface area contributed by atoms with Crippen molar-refractivity contribution < 1.29 is 18.0 Å². The molecule has 1 saturated carbocycles. The summed E-state index contributed by atoms with van der Waals surface area (Å²) in [7, 11) is -3.36. The van der Waals surface area contributed by atoms with Gasteiger partial charge in [0.15, 0.2) is 9.84 Å². The van der Waals surface area contributed by atoms with Gasteiger partial charge < -0.3 is 10.6 Å². The average Bonchev–Trinajstić information content (AvgIpc) is 3.45. The van der Waals surface area contributed by atoms with Gasteiger partial charge in [-0.3, -0.25) is 9.59 Å². The van der Waals surface area contributed by atoms with E-state index in [2.05, 4.69) is 10.6 Å². The van der Waals surface area contributed by atoms with Gasteiger partial charge in [0.1, 0.15) is 0 Å². The highest BCUT2D eigenvalue weighted by atomic mass is 32.2. The van der Waals surface area contributed by atoms with E-state index < -0.39 is 9.84 Å². The maximum atomic E-state index is 12.2. The molecule has 2 aromatic carbocycles. The van der Waals surface area contributed by atoms with Crippen LogP contribution >= 0.6 is 0 Å². The molecule has 0 bridgehead atoms. The molecule has 7 heteroatoms. The number of hydrogen-bond donors (Lipinski definition) is 2. The number of anilines is 1. The van der Waals surface area contributed by atoms with E-state index in [0.717, 1.165) is 30.3 Å². The number of amides is 2.